The van der Waals surface area contributed by atoms with Crippen molar-refractivity contribution in [2.45, 2.75) is 38.4 Å². The molecule has 0 radical (unpaired) electrons. The third-order valence-electron chi connectivity index (χ3n) is 3.02. The van der Waals surface area contributed by atoms with Crippen molar-refractivity contribution in [1.82, 2.24) is 10.6 Å². The monoisotopic (exact) mass is 335 g/mol. The summed E-state index contributed by atoms with van der Waals surface area (Å²) < 4.78 is 0. The second-order valence-corrected chi connectivity index (χ2v) is 6.19. The molecule has 8 nitrogen and oxygen atoms in total. The number of nitrogens with two attached hydrogens (primary N) is 1. The molecule has 0 aromatic rings. The highest BCUT2D eigenvalue weighted by Gasteiger charge is 2.28. The topological polar surface area (TPSA) is 142 Å². The Morgan fingerprint density at radius 3 is 2.18 bits per heavy atom. The SMILES string of the molecule is CSCCC(N)C(=O)NC(CO)C(=O)NC(C(=O)O)C(C)C. The van der Waals surface area contributed by atoms with Crippen molar-refractivity contribution in [3.63, 3.8) is 0 Å². The van der Waals surface area contributed by atoms with Crippen LogP contribution in [0.2, 0.25) is 0 Å². The first-order valence-corrected chi connectivity index (χ1v) is 8.32. The summed E-state index contributed by atoms with van der Waals surface area (Å²) in [7, 11) is 0. The number of thioether (sulfide) groups is 1. The molecule has 0 heterocycles. The fourth-order valence-corrected chi connectivity index (χ4v) is 2.11. The minimum Gasteiger partial charge on any atom is -0.480 e. The second kappa shape index (κ2) is 10.4. The van der Waals surface area contributed by atoms with Crippen molar-refractivity contribution in [2.75, 3.05) is 18.6 Å². The Labute approximate surface area is 134 Å². The molecule has 0 fully saturated rings. The second-order valence-electron chi connectivity index (χ2n) is 5.20. The van der Waals surface area contributed by atoms with Crippen LogP contribution in [0.1, 0.15) is 20.3 Å². The summed E-state index contributed by atoms with van der Waals surface area (Å²) in [6.07, 6.45) is 2.32. The molecule has 0 aromatic carbocycles. The number of nitrogens with one attached hydrogen (secondary N) is 2. The van der Waals surface area contributed by atoms with E-state index < -0.39 is 42.5 Å². The summed E-state index contributed by atoms with van der Waals surface area (Å²) in [5.41, 5.74) is 5.67. The van der Waals surface area contributed by atoms with E-state index >= 15 is 0 Å². The van der Waals surface area contributed by atoms with Crippen molar-refractivity contribution in [2.24, 2.45) is 11.7 Å². The molecular weight excluding hydrogens is 310 g/mol. The van der Waals surface area contributed by atoms with Gasteiger partial charge in [0, 0.05) is 0 Å². The van der Waals surface area contributed by atoms with E-state index in [-0.39, 0.29) is 5.92 Å². The number of amides is 2. The lowest BCUT2D eigenvalue weighted by atomic mass is 10.0. The highest BCUT2D eigenvalue weighted by atomic mass is 32.2. The lowest BCUT2D eigenvalue weighted by Crippen LogP contribution is -2.56. The number of aliphatic hydroxyl groups is 1. The maximum absolute atomic E-state index is 12.0. The smallest absolute Gasteiger partial charge is 0.326 e. The van der Waals surface area contributed by atoms with Crippen LogP contribution in [0.25, 0.3) is 0 Å². The molecular formula is C13H25N3O5S. The minimum atomic E-state index is -1.23. The van der Waals surface area contributed by atoms with E-state index in [0.29, 0.717) is 12.2 Å². The number of aliphatic carboxylic acids is 1. The van der Waals surface area contributed by atoms with Crippen LogP contribution in [0.4, 0.5) is 0 Å². The minimum absolute atomic E-state index is 0.333. The predicted molar refractivity (Wildman–Crippen MR) is 84.4 cm³/mol. The van der Waals surface area contributed by atoms with Gasteiger partial charge in [0.1, 0.15) is 12.1 Å². The zero-order valence-electron chi connectivity index (χ0n) is 13.0. The van der Waals surface area contributed by atoms with Crippen molar-refractivity contribution >= 4 is 29.5 Å². The summed E-state index contributed by atoms with van der Waals surface area (Å²) in [6, 6.07) is -3.10. The van der Waals surface area contributed by atoms with Gasteiger partial charge in [0.15, 0.2) is 0 Å². The average molecular weight is 335 g/mol. The normalized spacial score (nSPS) is 15.0. The van der Waals surface area contributed by atoms with Gasteiger partial charge in [-0.2, -0.15) is 11.8 Å². The number of aliphatic hydroxyl groups excluding tert-OH is 1. The molecule has 0 aliphatic heterocycles. The number of carboxylic acids is 1. The van der Waals surface area contributed by atoms with Gasteiger partial charge in [-0.25, -0.2) is 4.79 Å². The van der Waals surface area contributed by atoms with Gasteiger partial charge in [-0.05, 0) is 24.3 Å². The lowest BCUT2D eigenvalue weighted by molar-refractivity contribution is -0.143. The molecule has 0 rings (SSSR count). The van der Waals surface area contributed by atoms with Crippen LogP contribution >= 0.6 is 11.8 Å². The fraction of sp³-hybridized carbons (Fsp3) is 0.769. The van der Waals surface area contributed by atoms with Crippen LogP contribution < -0.4 is 16.4 Å². The van der Waals surface area contributed by atoms with Crippen molar-refractivity contribution in [1.29, 1.82) is 0 Å². The van der Waals surface area contributed by atoms with E-state index in [1.54, 1.807) is 13.8 Å². The Balaban J connectivity index is 4.65. The highest BCUT2D eigenvalue weighted by Crippen LogP contribution is 2.03. The Bertz CT molecular complexity index is 392. The first kappa shape index (κ1) is 20.7. The Morgan fingerprint density at radius 1 is 1.18 bits per heavy atom. The van der Waals surface area contributed by atoms with Gasteiger partial charge in [-0.1, -0.05) is 13.8 Å². The molecule has 0 aliphatic carbocycles. The lowest BCUT2D eigenvalue weighted by Gasteiger charge is -2.23. The summed E-state index contributed by atoms with van der Waals surface area (Å²) in [5, 5.41) is 22.9. The number of hydrogen-bond donors (Lipinski definition) is 5. The maximum Gasteiger partial charge on any atom is 0.326 e. The molecule has 22 heavy (non-hydrogen) atoms. The van der Waals surface area contributed by atoms with Gasteiger partial charge in [-0.15, -0.1) is 0 Å². The molecule has 6 N–H and O–H groups in total. The van der Waals surface area contributed by atoms with E-state index in [4.69, 9.17) is 10.8 Å². The molecule has 2 amide bonds. The summed E-state index contributed by atoms with van der Waals surface area (Å²) >= 11 is 1.54. The molecule has 9 heteroatoms. The third-order valence-corrected chi connectivity index (χ3v) is 3.66. The van der Waals surface area contributed by atoms with Crippen molar-refractivity contribution < 1.29 is 24.6 Å². The average Bonchev–Trinajstić information content (AvgIpc) is 2.46. The van der Waals surface area contributed by atoms with Gasteiger partial charge >= 0.3 is 5.97 Å². The molecule has 0 saturated heterocycles. The third kappa shape index (κ3) is 7.10. The van der Waals surface area contributed by atoms with Crippen LogP contribution in [0.3, 0.4) is 0 Å². The quantitative estimate of drug-likeness (QED) is 0.336. The van der Waals surface area contributed by atoms with Gasteiger partial charge in [0.2, 0.25) is 11.8 Å². The highest BCUT2D eigenvalue weighted by molar-refractivity contribution is 7.98. The van der Waals surface area contributed by atoms with Crippen molar-refractivity contribution in [3.8, 4) is 0 Å². The van der Waals surface area contributed by atoms with Gasteiger partial charge < -0.3 is 26.6 Å². The van der Waals surface area contributed by atoms with Crippen LogP contribution in [0.5, 0.6) is 0 Å². The van der Waals surface area contributed by atoms with Crippen LogP contribution in [-0.2, 0) is 14.4 Å². The summed E-state index contributed by atoms with van der Waals surface area (Å²) in [4.78, 5) is 34.8. The van der Waals surface area contributed by atoms with Crippen molar-refractivity contribution in [3.05, 3.63) is 0 Å². The molecule has 0 aromatic heterocycles. The van der Waals surface area contributed by atoms with E-state index in [0.717, 1.165) is 0 Å². The Morgan fingerprint density at radius 2 is 1.77 bits per heavy atom. The molecule has 3 atom stereocenters. The largest absolute Gasteiger partial charge is 0.480 e. The van der Waals surface area contributed by atoms with Crippen LogP contribution in [0, 0.1) is 5.92 Å². The molecule has 0 spiro atoms. The van der Waals surface area contributed by atoms with Gasteiger partial charge in [0.25, 0.3) is 0 Å². The Kier molecular flexibility index (Phi) is 9.79. The first-order valence-electron chi connectivity index (χ1n) is 6.93. The number of carbonyl (C=O) groups is 3. The van der Waals surface area contributed by atoms with Crippen LogP contribution in [-0.4, -0.2) is 64.7 Å². The molecule has 0 saturated carbocycles. The Hall–Kier alpha value is -1.32. The first-order chi connectivity index (χ1) is 10.2. The fourth-order valence-electron chi connectivity index (χ4n) is 1.62. The zero-order chi connectivity index (χ0) is 17.3. The number of rotatable bonds is 10. The van der Waals surface area contributed by atoms with E-state index in [9.17, 15) is 19.5 Å². The summed E-state index contributed by atoms with van der Waals surface area (Å²) in [6.45, 7) is 2.64. The number of carbonyl (C=O) groups excluding carboxylic acids is 2. The molecule has 0 bridgehead atoms. The molecule has 3 unspecified atom stereocenters. The van der Waals surface area contributed by atoms with Gasteiger partial charge in [0.05, 0.1) is 12.6 Å². The van der Waals surface area contributed by atoms with E-state index in [1.165, 1.54) is 11.8 Å². The molecule has 128 valence electrons. The summed E-state index contributed by atoms with van der Waals surface area (Å²) in [5.74, 6) is -2.13. The maximum atomic E-state index is 12.0. The standard InChI is InChI=1S/C13H25N3O5S/c1-7(2)10(13(20)21)16-12(19)9(6-17)15-11(18)8(14)4-5-22-3/h7-10,17H,4-6,14H2,1-3H3,(H,15,18)(H,16,19)(H,20,21). The number of carboxylic acid groups (broad SMARTS) is 1. The van der Waals surface area contributed by atoms with E-state index in [2.05, 4.69) is 10.6 Å². The number of hydrogen-bond acceptors (Lipinski definition) is 6. The van der Waals surface area contributed by atoms with Gasteiger partial charge in [-0.3, -0.25) is 9.59 Å². The predicted octanol–water partition coefficient (Wildman–Crippen LogP) is -1.23. The van der Waals surface area contributed by atoms with E-state index in [1.807, 2.05) is 6.26 Å². The van der Waals surface area contributed by atoms with Crippen LogP contribution in [0.15, 0.2) is 0 Å². The zero-order valence-corrected chi connectivity index (χ0v) is 13.9. The molecule has 0 aliphatic rings.